The molecule has 1 aromatic carbocycles. The first-order valence-corrected chi connectivity index (χ1v) is 9.04. The van der Waals surface area contributed by atoms with Gasteiger partial charge in [0.2, 0.25) is 5.91 Å². The van der Waals surface area contributed by atoms with E-state index < -0.39 is 0 Å². The molecule has 1 heterocycles. The van der Waals surface area contributed by atoms with Gasteiger partial charge in [-0.15, -0.1) is 11.8 Å². The first-order chi connectivity index (χ1) is 11.0. The summed E-state index contributed by atoms with van der Waals surface area (Å²) in [7, 11) is 1.76. The van der Waals surface area contributed by atoms with Gasteiger partial charge in [0.15, 0.2) is 0 Å². The van der Waals surface area contributed by atoms with Gasteiger partial charge >= 0.3 is 6.03 Å². The highest BCUT2D eigenvalue weighted by Gasteiger charge is 2.32. The Bertz CT molecular complexity index is 547. The third-order valence-electron chi connectivity index (χ3n) is 3.88. The van der Waals surface area contributed by atoms with Gasteiger partial charge in [0.25, 0.3) is 0 Å². The van der Waals surface area contributed by atoms with Crippen molar-refractivity contribution in [1.82, 2.24) is 15.1 Å². The number of amides is 3. The molecule has 5 nitrogen and oxygen atoms in total. The van der Waals surface area contributed by atoms with E-state index >= 15 is 0 Å². The van der Waals surface area contributed by atoms with Crippen LogP contribution in [0, 0.1) is 6.92 Å². The monoisotopic (exact) mass is 335 g/mol. The molecule has 0 saturated carbocycles. The highest BCUT2D eigenvalue weighted by Crippen LogP contribution is 2.38. The van der Waals surface area contributed by atoms with Crippen molar-refractivity contribution in [2.75, 3.05) is 32.4 Å². The molecule has 0 radical (unpaired) electrons. The van der Waals surface area contributed by atoms with Crippen LogP contribution in [-0.2, 0) is 4.79 Å². The Balaban J connectivity index is 1.95. The van der Waals surface area contributed by atoms with Crippen LogP contribution in [0.25, 0.3) is 0 Å². The van der Waals surface area contributed by atoms with Gasteiger partial charge in [-0.2, -0.15) is 0 Å². The molecule has 0 bridgehead atoms. The fraction of sp³-hybridized carbons (Fsp3) is 0.529. The number of rotatable bonds is 6. The van der Waals surface area contributed by atoms with E-state index in [2.05, 4.69) is 36.5 Å². The molecule has 1 saturated heterocycles. The van der Waals surface area contributed by atoms with Crippen LogP contribution in [0.1, 0.15) is 29.8 Å². The molecule has 3 amide bonds. The highest BCUT2D eigenvalue weighted by molar-refractivity contribution is 8.00. The Morgan fingerprint density at radius 2 is 2.09 bits per heavy atom. The van der Waals surface area contributed by atoms with Gasteiger partial charge in [0, 0.05) is 26.7 Å². The van der Waals surface area contributed by atoms with Gasteiger partial charge in [-0.05, 0) is 18.9 Å². The van der Waals surface area contributed by atoms with E-state index in [1.54, 1.807) is 23.7 Å². The molecule has 0 unspecified atom stereocenters. The minimum absolute atomic E-state index is 0.0511. The van der Waals surface area contributed by atoms with Crippen LogP contribution in [0.15, 0.2) is 24.3 Å². The lowest BCUT2D eigenvalue weighted by molar-refractivity contribution is -0.128. The van der Waals surface area contributed by atoms with Crippen LogP contribution < -0.4 is 5.32 Å². The van der Waals surface area contributed by atoms with E-state index in [9.17, 15) is 9.59 Å². The average molecular weight is 335 g/mol. The summed E-state index contributed by atoms with van der Waals surface area (Å²) in [6.45, 7) is 5.84. The molecule has 1 aliphatic heterocycles. The lowest BCUT2D eigenvalue weighted by Gasteiger charge is -2.27. The first-order valence-electron chi connectivity index (χ1n) is 7.99. The summed E-state index contributed by atoms with van der Waals surface area (Å²) < 4.78 is 0. The Morgan fingerprint density at radius 3 is 2.74 bits per heavy atom. The quantitative estimate of drug-likeness (QED) is 0.869. The van der Waals surface area contributed by atoms with E-state index in [4.69, 9.17) is 0 Å². The minimum atomic E-state index is -0.0852. The molecular weight excluding hydrogens is 310 g/mol. The highest BCUT2D eigenvalue weighted by atomic mass is 32.2. The van der Waals surface area contributed by atoms with Crippen LogP contribution in [0.5, 0.6) is 0 Å². The number of nitrogens with zero attached hydrogens (tertiary/aromatic N) is 2. The maximum absolute atomic E-state index is 12.2. The summed E-state index contributed by atoms with van der Waals surface area (Å²) in [5.41, 5.74) is 2.35. The summed E-state index contributed by atoms with van der Waals surface area (Å²) in [5, 5.41) is 2.90. The van der Waals surface area contributed by atoms with Crippen molar-refractivity contribution in [3.63, 3.8) is 0 Å². The smallest absolute Gasteiger partial charge is 0.317 e. The van der Waals surface area contributed by atoms with Crippen LogP contribution >= 0.6 is 11.8 Å². The van der Waals surface area contributed by atoms with Crippen LogP contribution in [0.4, 0.5) is 4.79 Å². The lowest BCUT2D eigenvalue weighted by Crippen LogP contribution is -2.42. The van der Waals surface area contributed by atoms with Crippen LogP contribution in [0.2, 0.25) is 0 Å². The fourth-order valence-electron chi connectivity index (χ4n) is 2.43. The third-order valence-corrected chi connectivity index (χ3v) is 5.14. The van der Waals surface area contributed by atoms with Gasteiger partial charge in [-0.1, -0.05) is 36.8 Å². The van der Waals surface area contributed by atoms with Crippen molar-refractivity contribution < 1.29 is 9.59 Å². The Hall–Kier alpha value is -1.69. The molecular formula is C17H25N3O2S. The normalized spacial score (nSPS) is 17.4. The number of carbonyl (C=O) groups excluding carboxylic acids is 2. The van der Waals surface area contributed by atoms with Gasteiger partial charge in [0.1, 0.15) is 5.37 Å². The first kappa shape index (κ1) is 17.7. The maximum atomic E-state index is 12.2. The van der Waals surface area contributed by atoms with Gasteiger partial charge in [-0.25, -0.2) is 4.79 Å². The minimum Gasteiger partial charge on any atom is -0.338 e. The zero-order valence-electron chi connectivity index (χ0n) is 14.0. The number of urea groups is 1. The molecule has 1 fully saturated rings. The molecule has 1 atom stereocenters. The molecule has 2 rings (SSSR count). The fourth-order valence-corrected chi connectivity index (χ4v) is 3.65. The van der Waals surface area contributed by atoms with Crippen molar-refractivity contribution in [2.24, 2.45) is 0 Å². The summed E-state index contributed by atoms with van der Waals surface area (Å²) >= 11 is 1.65. The van der Waals surface area contributed by atoms with Crippen molar-refractivity contribution in [2.45, 2.75) is 25.6 Å². The number of hydrogen-bond acceptors (Lipinski definition) is 3. The summed E-state index contributed by atoms with van der Waals surface area (Å²) in [5.74, 6) is 0.646. The van der Waals surface area contributed by atoms with Crippen LogP contribution in [-0.4, -0.2) is 54.2 Å². The molecule has 0 aromatic heterocycles. The number of thioether (sulfide) groups is 1. The molecule has 1 aliphatic rings. The van der Waals surface area contributed by atoms with Gasteiger partial charge in [-0.3, -0.25) is 4.79 Å². The zero-order chi connectivity index (χ0) is 16.8. The SMILES string of the molecule is CCCNC(=O)N(C)CCN1C(=O)CS[C@H]1c1ccc(C)cc1. The number of nitrogens with one attached hydrogen (secondary N) is 1. The average Bonchev–Trinajstić information content (AvgIpc) is 2.91. The Labute approximate surface area is 142 Å². The molecule has 0 spiro atoms. The molecule has 1 aromatic rings. The number of likely N-dealkylation sites (N-methyl/N-ethyl adjacent to an activating group) is 1. The Kier molecular flexibility index (Phi) is 6.33. The van der Waals surface area contributed by atoms with E-state index in [-0.39, 0.29) is 17.3 Å². The lowest BCUT2D eigenvalue weighted by atomic mass is 10.1. The van der Waals surface area contributed by atoms with Gasteiger partial charge in [0.05, 0.1) is 5.75 Å². The van der Waals surface area contributed by atoms with Gasteiger partial charge < -0.3 is 15.1 Å². The van der Waals surface area contributed by atoms with Crippen molar-refractivity contribution >= 4 is 23.7 Å². The van der Waals surface area contributed by atoms with E-state index in [0.717, 1.165) is 12.0 Å². The van der Waals surface area contributed by atoms with E-state index in [0.29, 0.717) is 25.4 Å². The third kappa shape index (κ3) is 4.64. The van der Waals surface area contributed by atoms with Crippen molar-refractivity contribution in [1.29, 1.82) is 0 Å². The predicted octanol–water partition coefficient (Wildman–Crippen LogP) is 2.62. The van der Waals surface area contributed by atoms with Crippen molar-refractivity contribution in [3.05, 3.63) is 35.4 Å². The second-order valence-corrected chi connectivity index (χ2v) is 6.88. The number of aryl methyl sites for hydroxylation is 1. The Morgan fingerprint density at radius 1 is 1.39 bits per heavy atom. The maximum Gasteiger partial charge on any atom is 0.317 e. The van der Waals surface area contributed by atoms with Crippen molar-refractivity contribution in [3.8, 4) is 0 Å². The molecule has 0 aliphatic carbocycles. The summed E-state index contributed by atoms with van der Waals surface area (Å²) in [4.78, 5) is 27.6. The van der Waals surface area contributed by atoms with E-state index in [1.165, 1.54) is 5.56 Å². The largest absolute Gasteiger partial charge is 0.338 e. The molecule has 126 valence electrons. The number of benzene rings is 1. The van der Waals surface area contributed by atoms with Crippen LogP contribution in [0.3, 0.4) is 0 Å². The second kappa shape index (κ2) is 8.24. The predicted molar refractivity (Wildman–Crippen MR) is 94.4 cm³/mol. The second-order valence-electron chi connectivity index (χ2n) is 5.81. The number of hydrogen-bond donors (Lipinski definition) is 1. The topological polar surface area (TPSA) is 52.7 Å². The summed E-state index contributed by atoms with van der Waals surface area (Å²) in [6, 6.07) is 8.22. The van der Waals surface area contributed by atoms with E-state index in [1.807, 2.05) is 11.8 Å². The molecule has 1 N–H and O–H groups in total. The standard InChI is InChI=1S/C17H25N3O2S/c1-4-9-18-17(22)19(3)10-11-20-15(21)12-23-16(20)14-7-5-13(2)6-8-14/h5-8,16H,4,9-12H2,1-3H3,(H,18,22)/t16-/m0/s1. The summed E-state index contributed by atoms with van der Waals surface area (Å²) in [6.07, 6.45) is 0.913. The molecule has 6 heteroatoms. The zero-order valence-corrected chi connectivity index (χ0v) is 14.9. The molecule has 23 heavy (non-hydrogen) atoms. The number of carbonyl (C=O) groups is 2.